The molecule has 2 amide bonds. The van der Waals surface area contributed by atoms with Crippen LogP contribution < -0.4 is 10.1 Å². The summed E-state index contributed by atoms with van der Waals surface area (Å²) in [6, 6.07) is 7.46. The highest BCUT2D eigenvalue weighted by atomic mass is 35.5. The lowest BCUT2D eigenvalue weighted by atomic mass is 9.99. The molecule has 0 aromatic heterocycles. The number of carboxylic acid groups (broad SMARTS) is 1. The van der Waals surface area contributed by atoms with Gasteiger partial charge in [0, 0.05) is 29.7 Å². The average Bonchev–Trinajstić information content (AvgIpc) is 2.93. The van der Waals surface area contributed by atoms with Crippen molar-refractivity contribution in [1.82, 2.24) is 15.1 Å². The first-order chi connectivity index (χ1) is 19.2. The van der Waals surface area contributed by atoms with Crippen molar-refractivity contribution < 1.29 is 37.7 Å². The lowest BCUT2D eigenvalue weighted by Crippen LogP contribution is -2.52. The third-order valence-corrected chi connectivity index (χ3v) is 7.20. The molecule has 5 rings (SSSR count). The van der Waals surface area contributed by atoms with Crippen molar-refractivity contribution in [3.8, 4) is 16.9 Å². The molecule has 210 valence electrons. The minimum atomic E-state index is -1.05. The summed E-state index contributed by atoms with van der Waals surface area (Å²) in [5.41, 5.74) is 0.952. The zero-order valence-electron chi connectivity index (χ0n) is 21.3. The van der Waals surface area contributed by atoms with Crippen molar-refractivity contribution in [3.05, 3.63) is 76.3 Å². The maximum Gasteiger partial charge on any atom is 0.306 e. The topological polar surface area (TPSA) is 108 Å². The molecule has 1 saturated heterocycles. The minimum Gasteiger partial charge on any atom is -0.492 e. The lowest BCUT2D eigenvalue weighted by Gasteiger charge is -2.41. The molecule has 0 saturated carbocycles. The van der Waals surface area contributed by atoms with Crippen LogP contribution in [-0.4, -0.2) is 71.6 Å². The maximum atomic E-state index is 15.2. The maximum absolute atomic E-state index is 15.2. The van der Waals surface area contributed by atoms with E-state index in [1.54, 1.807) is 15.9 Å². The van der Waals surface area contributed by atoms with Crippen molar-refractivity contribution in [1.29, 1.82) is 0 Å². The van der Waals surface area contributed by atoms with Gasteiger partial charge < -0.3 is 29.7 Å². The lowest BCUT2D eigenvalue weighted by molar-refractivity contribution is -0.139. The van der Waals surface area contributed by atoms with Crippen LogP contribution in [0.15, 0.2) is 59.1 Å². The monoisotopic (exact) mass is 573 g/mol. The second-order valence-corrected chi connectivity index (χ2v) is 10.0. The van der Waals surface area contributed by atoms with E-state index in [0.717, 1.165) is 18.2 Å². The molecule has 0 aliphatic carbocycles. The zero-order chi connectivity index (χ0) is 28.4. The number of hydrogen-bond donors (Lipinski definition) is 2. The number of benzene rings is 2. The summed E-state index contributed by atoms with van der Waals surface area (Å²) in [5, 5.41) is 12.4. The Kier molecular flexibility index (Phi) is 7.92. The number of carboxylic acids is 1. The third kappa shape index (κ3) is 5.74. The molecule has 2 N–H and O–H groups in total. The van der Waals surface area contributed by atoms with Crippen LogP contribution in [0.1, 0.15) is 29.6 Å². The van der Waals surface area contributed by atoms with E-state index in [2.05, 4.69) is 5.32 Å². The number of rotatable bonds is 7. The number of amides is 2. The molecule has 3 aliphatic heterocycles. The summed E-state index contributed by atoms with van der Waals surface area (Å²) in [5.74, 6) is -2.40. The van der Waals surface area contributed by atoms with Crippen LogP contribution in [0.3, 0.4) is 0 Å². The van der Waals surface area contributed by atoms with Crippen molar-refractivity contribution in [2.45, 2.75) is 25.3 Å². The Labute approximate surface area is 233 Å². The van der Waals surface area contributed by atoms with Crippen molar-refractivity contribution >= 4 is 29.4 Å². The number of halogens is 3. The number of allylic oxidation sites excluding steroid dienone is 1. The van der Waals surface area contributed by atoms with Crippen LogP contribution in [0.2, 0.25) is 0 Å². The number of carbonyl (C=O) groups is 3. The van der Waals surface area contributed by atoms with Gasteiger partial charge in [0.2, 0.25) is 5.88 Å². The number of hydrogen-bond acceptors (Lipinski definition) is 6. The summed E-state index contributed by atoms with van der Waals surface area (Å²) in [6.07, 6.45) is 2.43. The molecule has 0 spiro atoms. The molecule has 3 heterocycles. The van der Waals surface area contributed by atoms with Gasteiger partial charge in [-0.3, -0.25) is 14.4 Å². The summed E-state index contributed by atoms with van der Waals surface area (Å²) >= 11 is 6.17. The number of ether oxygens (including phenoxy) is 2. The molecule has 0 radical (unpaired) electrons. The van der Waals surface area contributed by atoms with Gasteiger partial charge in [0.1, 0.15) is 23.1 Å². The highest BCUT2D eigenvalue weighted by molar-refractivity contribution is 6.30. The van der Waals surface area contributed by atoms with Gasteiger partial charge in [0.25, 0.3) is 11.8 Å². The van der Waals surface area contributed by atoms with Crippen LogP contribution in [-0.2, 0) is 14.3 Å². The highest BCUT2D eigenvalue weighted by Gasteiger charge is 2.37. The molecule has 0 atom stereocenters. The molecule has 1 fully saturated rings. The second kappa shape index (κ2) is 11.5. The van der Waals surface area contributed by atoms with E-state index in [1.165, 1.54) is 18.2 Å². The van der Waals surface area contributed by atoms with E-state index in [9.17, 15) is 18.8 Å². The van der Waals surface area contributed by atoms with E-state index < -0.39 is 23.5 Å². The Morgan fingerprint density at radius 3 is 2.65 bits per heavy atom. The molecular weight excluding hydrogens is 548 g/mol. The quantitative estimate of drug-likeness (QED) is 0.518. The van der Waals surface area contributed by atoms with Crippen LogP contribution >= 0.6 is 11.6 Å². The van der Waals surface area contributed by atoms with Crippen molar-refractivity contribution in [2.75, 3.05) is 32.8 Å². The van der Waals surface area contributed by atoms with Gasteiger partial charge in [-0.25, -0.2) is 8.78 Å². The van der Waals surface area contributed by atoms with E-state index in [0.29, 0.717) is 49.1 Å². The predicted octanol–water partition coefficient (Wildman–Crippen LogP) is 3.84. The smallest absolute Gasteiger partial charge is 0.306 e. The predicted molar refractivity (Wildman–Crippen MR) is 140 cm³/mol. The Hall–Kier alpha value is -4.12. The number of carbonyl (C=O) groups excluding carboxylic acids is 2. The SMILES string of the molecule is O=C(O)CCOc1ccc(F)cc1-c1ccc(C(=O)N2CCC(N3C(=O)COC4=C3C=C(Cl)CN4)CC2)c(F)c1. The highest BCUT2D eigenvalue weighted by Crippen LogP contribution is 2.33. The molecule has 12 heteroatoms. The molecule has 40 heavy (non-hydrogen) atoms. The third-order valence-electron chi connectivity index (χ3n) is 6.95. The van der Waals surface area contributed by atoms with Gasteiger partial charge in [-0.05, 0) is 54.8 Å². The van der Waals surface area contributed by atoms with Crippen LogP contribution in [0, 0.1) is 11.6 Å². The molecule has 2 aromatic rings. The summed E-state index contributed by atoms with van der Waals surface area (Å²) in [4.78, 5) is 39.9. The number of dihydropyridines is 1. The van der Waals surface area contributed by atoms with Gasteiger partial charge >= 0.3 is 5.97 Å². The van der Waals surface area contributed by atoms with Gasteiger partial charge in [-0.2, -0.15) is 0 Å². The molecular formula is C28H26ClF2N3O6. The Balaban J connectivity index is 1.28. The summed E-state index contributed by atoms with van der Waals surface area (Å²) in [7, 11) is 0. The average molecular weight is 574 g/mol. The Morgan fingerprint density at radius 2 is 1.93 bits per heavy atom. The number of nitrogens with zero attached hydrogens (tertiary/aromatic N) is 2. The first kappa shape index (κ1) is 27.4. The fourth-order valence-electron chi connectivity index (χ4n) is 5.02. The zero-order valence-corrected chi connectivity index (χ0v) is 22.0. The molecule has 0 bridgehead atoms. The van der Waals surface area contributed by atoms with Gasteiger partial charge in [0.05, 0.1) is 25.1 Å². The second-order valence-electron chi connectivity index (χ2n) is 9.56. The van der Waals surface area contributed by atoms with Crippen LogP contribution in [0.4, 0.5) is 8.78 Å². The van der Waals surface area contributed by atoms with Crippen LogP contribution in [0.5, 0.6) is 5.75 Å². The molecule has 2 aromatic carbocycles. The van der Waals surface area contributed by atoms with Crippen molar-refractivity contribution in [3.63, 3.8) is 0 Å². The first-order valence-electron chi connectivity index (χ1n) is 12.7. The first-order valence-corrected chi connectivity index (χ1v) is 13.1. The minimum absolute atomic E-state index is 0.0916. The summed E-state index contributed by atoms with van der Waals surface area (Å²) < 4.78 is 40.2. The number of nitrogens with one attached hydrogen (secondary N) is 1. The van der Waals surface area contributed by atoms with Gasteiger partial charge in [0.15, 0.2) is 6.61 Å². The Morgan fingerprint density at radius 1 is 1.15 bits per heavy atom. The molecule has 3 aliphatic rings. The van der Waals surface area contributed by atoms with E-state index in [1.807, 2.05) is 0 Å². The van der Waals surface area contributed by atoms with E-state index in [-0.39, 0.29) is 54.0 Å². The standard InChI is InChI=1S/C28H26ClF2N3O6/c29-17-12-23-27(32-14-17)40-15-25(35)34(23)19-5-8-33(9-6-19)28(38)20-3-1-16(11-22(20)31)21-13-18(30)2-4-24(21)39-10-7-26(36)37/h1-4,11-13,19,32H,5-10,14-15H2,(H,36,37). The molecule has 0 unspecified atom stereocenters. The van der Waals surface area contributed by atoms with Gasteiger partial charge in [-0.1, -0.05) is 17.7 Å². The number of aliphatic carboxylic acids is 1. The Bertz CT molecular complexity index is 1420. The van der Waals surface area contributed by atoms with Crippen molar-refractivity contribution in [2.24, 2.45) is 0 Å². The number of likely N-dealkylation sites (tertiary alicyclic amines) is 1. The molecule has 9 nitrogen and oxygen atoms in total. The summed E-state index contributed by atoms with van der Waals surface area (Å²) in [6.45, 7) is 0.809. The fraction of sp³-hybridized carbons (Fsp3) is 0.321. The van der Waals surface area contributed by atoms with E-state index >= 15 is 4.39 Å². The largest absolute Gasteiger partial charge is 0.492 e. The van der Waals surface area contributed by atoms with E-state index in [4.69, 9.17) is 26.2 Å². The van der Waals surface area contributed by atoms with Gasteiger partial charge in [-0.15, -0.1) is 0 Å². The fourth-order valence-corrected chi connectivity index (χ4v) is 5.19. The normalized spacial score (nSPS) is 17.6. The van der Waals surface area contributed by atoms with Crippen LogP contribution in [0.25, 0.3) is 11.1 Å². The number of piperidine rings is 1.